The van der Waals surface area contributed by atoms with Crippen molar-refractivity contribution < 1.29 is 14.3 Å². The molecule has 0 atom stereocenters. The number of carbonyl (C=O) groups excluding carboxylic acids is 2. The maximum atomic E-state index is 12.7. The number of benzene rings is 1. The van der Waals surface area contributed by atoms with Gasteiger partial charge >= 0.3 is 0 Å². The Bertz CT molecular complexity index is 803. The van der Waals surface area contributed by atoms with Gasteiger partial charge in [0.05, 0.1) is 12.1 Å². The van der Waals surface area contributed by atoms with Crippen molar-refractivity contribution in [1.82, 2.24) is 9.88 Å². The van der Waals surface area contributed by atoms with E-state index in [0.717, 1.165) is 29.8 Å². The monoisotopic (exact) mass is 337 g/mol. The molecule has 1 aromatic carbocycles. The number of hydrogen-bond donors (Lipinski definition) is 1. The third-order valence-corrected chi connectivity index (χ3v) is 4.45. The summed E-state index contributed by atoms with van der Waals surface area (Å²) >= 11 is 0. The lowest BCUT2D eigenvalue weighted by Gasteiger charge is -2.20. The smallest absolute Gasteiger partial charge is 0.255 e. The number of fused-ring (bicyclic) bond motifs is 1. The van der Waals surface area contributed by atoms with E-state index in [0.29, 0.717) is 25.3 Å². The van der Waals surface area contributed by atoms with Gasteiger partial charge in [-0.2, -0.15) is 0 Å². The van der Waals surface area contributed by atoms with E-state index in [-0.39, 0.29) is 17.7 Å². The van der Waals surface area contributed by atoms with Gasteiger partial charge in [0.15, 0.2) is 0 Å². The zero-order valence-electron chi connectivity index (χ0n) is 13.8. The first-order valence-corrected chi connectivity index (χ1v) is 8.46. The van der Waals surface area contributed by atoms with Crippen LogP contribution in [0.5, 0.6) is 5.75 Å². The topological polar surface area (TPSA) is 71.5 Å². The highest BCUT2D eigenvalue weighted by atomic mass is 16.5. The number of rotatable bonds is 3. The van der Waals surface area contributed by atoms with Crippen LogP contribution in [0.4, 0.5) is 5.69 Å². The fraction of sp³-hybridized carbons (Fsp3) is 0.316. The maximum Gasteiger partial charge on any atom is 0.255 e. The lowest BCUT2D eigenvalue weighted by molar-refractivity contribution is -0.117. The number of pyridine rings is 1. The van der Waals surface area contributed by atoms with Crippen molar-refractivity contribution in [2.75, 3.05) is 18.5 Å². The molecule has 2 aliphatic rings. The van der Waals surface area contributed by atoms with Crippen molar-refractivity contribution >= 4 is 17.5 Å². The molecule has 128 valence electrons. The van der Waals surface area contributed by atoms with Crippen LogP contribution in [-0.2, 0) is 11.3 Å². The number of hydrogen-bond acceptors (Lipinski definition) is 4. The van der Waals surface area contributed by atoms with E-state index in [1.54, 1.807) is 29.4 Å². The third kappa shape index (κ3) is 3.47. The molecule has 1 saturated carbocycles. The number of nitrogens with zero attached hydrogens (tertiary/aromatic N) is 2. The molecule has 1 fully saturated rings. The van der Waals surface area contributed by atoms with Crippen molar-refractivity contribution in [3.8, 4) is 5.75 Å². The second-order valence-corrected chi connectivity index (χ2v) is 6.40. The summed E-state index contributed by atoms with van der Waals surface area (Å²) in [5, 5.41) is 2.94. The summed E-state index contributed by atoms with van der Waals surface area (Å²) < 4.78 is 5.76. The molecule has 2 amide bonds. The molecular formula is C19H19N3O3. The maximum absolute atomic E-state index is 12.7. The summed E-state index contributed by atoms with van der Waals surface area (Å²) in [5.41, 5.74) is 2.20. The molecular weight excluding hydrogens is 318 g/mol. The Labute approximate surface area is 145 Å². The summed E-state index contributed by atoms with van der Waals surface area (Å²) in [6.45, 7) is 1.38. The zero-order valence-corrected chi connectivity index (χ0v) is 13.8. The highest BCUT2D eigenvalue weighted by molar-refractivity contribution is 5.95. The summed E-state index contributed by atoms with van der Waals surface area (Å²) in [5.74, 6) is 0.902. The second kappa shape index (κ2) is 6.55. The van der Waals surface area contributed by atoms with Crippen LogP contribution >= 0.6 is 0 Å². The molecule has 0 spiro atoms. The Kier molecular flexibility index (Phi) is 4.09. The number of carbonyl (C=O) groups is 2. The molecule has 0 radical (unpaired) electrons. The molecule has 6 nitrogen and oxygen atoms in total. The lowest BCUT2D eigenvalue weighted by Crippen LogP contribution is -2.32. The van der Waals surface area contributed by atoms with E-state index in [4.69, 9.17) is 4.74 Å². The van der Waals surface area contributed by atoms with Crippen LogP contribution in [0, 0.1) is 5.92 Å². The molecule has 2 aromatic rings. The van der Waals surface area contributed by atoms with Gasteiger partial charge in [-0.15, -0.1) is 0 Å². The Hall–Kier alpha value is -2.89. The molecule has 1 aromatic heterocycles. The summed E-state index contributed by atoms with van der Waals surface area (Å²) in [7, 11) is 0. The Morgan fingerprint density at radius 3 is 2.88 bits per heavy atom. The van der Waals surface area contributed by atoms with Crippen LogP contribution < -0.4 is 10.1 Å². The standard InChI is InChI=1S/C19H19N3O3/c23-18(13-3-4-13)21-16-5-6-17-15(10-16)12-22(8-9-25-17)19(24)14-2-1-7-20-11-14/h1-2,5-7,10-11,13H,3-4,8-9,12H2,(H,21,23). The van der Waals surface area contributed by atoms with Crippen LogP contribution in [0.1, 0.15) is 28.8 Å². The molecule has 2 heterocycles. The van der Waals surface area contributed by atoms with E-state index < -0.39 is 0 Å². The van der Waals surface area contributed by atoms with Crippen molar-refractivity contribution in [3.05, 3.63) is 53.9 Å². The van der Waals surface area contributed by atoms with Gasteiger partial charge in [-0.1, -0.05) is 0 Å². The molecule has 25 heavy (non-hydrogen) atoms. The lowest BCUT2D eigenvalue weighted by atomic mass is 10.1. The Morgan fingerprint density at radius 2 is 2.12 bits per heavy atom. The molecule has 1 aliphatic heterocycles. The molecule has 6 heteroatoms. The van der Waals surface area contributed by atoms with E-state index in [1.807, 2.05) is 18.2 Å². The van der Waals surface area contributed by atoms with Gasteiger partial charge in [-0.25, -0.2) is 0 Å². The second-order valence-electron chi connectivity index (χ2n) is 6.40. The van der Waals surface area contributed by atoms with Gasteiger partial charge in [-0.3, -0.25) is 14.6 Å². The number of amides is 2. The minimum absolute atomic E-state index is 0.0674. The minimum atomic E-state index is -0.0723. The first kappa shape index (κ1) is 15.6. The first-order valence-electron chi connectivity index (χ1n) is 8.46. The highest BCUT2D eigenvalue weighted by Gasteiger charge is 2.30. The van der Waals surface area contributed by atoms with E-state index in [2.05, 4.69) is 10.3 Å². The molecule has 0 saturated heterocycles. The summed E-state index contributed by atoms with van der Waals surface area (Å²) in [6, 6.07) is 9.10. The fourth-order valence-corrected chi connectivity index (χ4v) is 2.91. The highest BCUT2D eigenvalue weighted by Crippen LogP contribution is 2.31. The predicted molar refractivity (Wildman–Crippen MR) is 92.3 cm³/mol. The van der Waals surface area contributed by atoms with E-state index in [9.17, 15) is 9.59 Å². The third-order valence-electron chi connectivity index (χ3n) is 4.45. The van der Waals surface area contributed by atoms with E-state index >= 15 is 0 Å². The fourth-order valence-electron chi connectivity index (χ4n) is 2.91. The van der Waals surface area contributed by atoms with Gasteiger partial charge in [-0.05, 0) is 43.2 Å². The average Bonchev–Trinajstić information content (AvgIpc) is 3.48. The number of ether oxygens (including phenoxy) is 1. The van der Waals surface area contributed by atoms with Gasteiger partial charge in [0.2, 0.25) is 5.91 Å². The largest absolute Gasteiger partial charge is 0.491 e. The van der Waals surface area contributed by atoms with Crippen LogP contribution in [0.25, 0.3) is 0 Å². The average molecular weight is 337 g/mol. The van der Waals surface area contributed by atoms with Gasteiger partial charge < -0.3 is 15.0 Å². The molecule has 0 unspecified atom stereocenters. The molecule has 0 bridgehead atoms. The first-order chi connectivity index (χ1) is 12.2. The summed E-state index contributed by atoms with van der Waals surface area (Å²) in [4.78, 5) is 30.4. The van der Waals surface area contributed by atoms with Crippen LogP contribution in [0.3, 0.4) is 0 Å². The minimum Gasteiger partial charge on any atom is -0.491 e. The molecule has 4 rings (SSSR count). The number of nitrogens with one attached hydrogen (secondary N) is 1. The van der Waals surface area contributed by atoms with Crippen LogP contribution in [0.15, 0.2) is 42.7 Å². The Morgan fingerprint density at radius 1 is 1.24 bits per heavy atom. The van der Waals surface area contributed by atoms with Gasteiger partial charge in [0.1, 0.15) is 12.4 Å². The van der Waals surface area contributed by atoms with E-state index in [1.165, 1.54) is 0 Å². The molecule has 1 aliphatic carbocycles. The normalized spacial score (nSPS) is 16.4. The predicted octanol–water partition coefficient (Wildman–Crippen LogP) is 2.46. The molecule has 1 N–H and O–H groups in total. The number of anilines is 1. The summed E-state index contributed by atoms with van der Waals surface area (Å²) in [6.07, 6.45) is 5.15. The van der Waals surface area contributed by atoms with Crippen molar-refractivity contribution in [3.63, 3.8) is 0 Å². The van der Waals surface area contributed by atoms with Gasteiger partial charge in [0.25, 0.3) is 5.91 Å². The number of aromatic nitrogens is 1. The SMILES string of the molecule is O=C(Nc1ccc2c(c1)CN(C(=O)c1cccnc1)CCO2)C1CC1. The zero-order chi connectivity index (χ0) is 17.2. The Balaban J connectivity index is 1.54. The van der Waals surface area contributed by atoms with Crippen molar-refractivity contribution in [2.45, 2.75) is 19.4 Å². The van der Waals surface area contributed by atoms with Crippen molar-refractivity contribution in [1.29, 1.82) is 0 Å². The van der Waals surface area contributed by atoms with Gasteiger partial charge in [0, 0.05) is 36.1 Å². The quantitative estimate of drug-likeness (QED) is 0.934. The van der Waals surface area contributed by atoms with Crippen molar-refractivity contribution in [2.24, 2.45) is 5.92 Å². The van der Waals surface area contributed by atoms with Crippen LogP contribution in [0.2, 0.25) is 0 Å². The van der Waals surface area contributed by atoms with Crippen LogP contribution in [-0.4, -0.2) is 34.8 Å².